The molecule has 0 bridgehead atoms. The lowest BCUT2D eigenvalue weighted by atomic mass is 10.3. The topological polar surface area (TPSA) is 75.9 Å². The summed E-state index contributed by atoms with van der Waals surface area (Å²) in [7, 11) is 0. The smallest absolute Gasteiger partial charge is 0.156 e. The highest BCUT2D eigenvalue weighted by molar-refractivity contribution is 5.87. The van der Waals surface area contributed by atoms with Crippen molar-refractivity contribution >= 4 is 16.9 Å². The largest absolute Gasteiger partial charge is 0.395 e. The molecule has 98 valence electrons. The predicted octanol–water partition coefficient (Wildman–Crippen LogP) is 1.12. The number of rotatable bonds is 5. The van der Waals surface area contributed by atoms with Gasteiger partial charge in [-0.3, -0.25) is 4.68 Å². The van der Waals surface area contributed by atoms with Crippen LogP contribution in [0.25, 0.3) is 11.0 Å². The Bertz CT molecular complexity index is 549. The van der Waals surface area contributed by atoms with Gasteiger partial charge in [0, 0.05) is 19.5 Å². The highest BCUT2D eigenvalue weighted by atomic mass is 16.3. The average molecular weight is 249 g/mol. The molecule has 2 heterocycles. The van der Waals surface area contributed by atoms with Gasteiger partial charge in [0.2, 0.25) is 0 Å². The van der Waals surface area contributed by atoms with Gasteiger partial charge < -0.3 is 10.4 Å². The minimum atomic E-state index is 0.0756. The first-order chi connectivity index (χ1) is 8.71. The van der Waals surface area contributed by atoms with Crippen LogP contribution in [0.1, 0.15) is 25.4 Å². The van der Waals surface area contributed by atoms with E-state index in [1.54, 1.807) is 0 Å². The Balaban J connectivity index is 2.63. The van der Waals surface area contributed by atoms with E-state index in [1.165, 1.54) is 0 Å². The van der Waals surface area contributed by atoms with E-state index in [0.717, 1.165) is 41.3 Å². The summed E-state index contributed by atoms with van der Waals surface area (Å²) in [4.78, 5) is 9.02. The van der Waals surface area contributed by atoms with Crippen LogP contribution in [0.4, 0.5) is 5.82 Å². The molecule has 18 heavy (non-hydrogen) atoms. The lowest BCUT2D eigenvalue weighted by Gasteiger charge is -2.08. The number of hydrogen-bond acceptors (Lipinski definition) is 5. The first-order valence-corrected chi connectivity index (χ1v) is 6.30. The summed E-state index contributed by atoms with van der Waals surface area (Å²) < 4.78 is 1.89. The van der Waals surface area contributed by atoms with Crippen LogP contribution in [0, 0.1) is 6.92 Å². The minimum absolute atomic E-state index is 0.0756. The van der Waals surface area contributed by atoms with Gasteiger partial charge >= 0.3 is 0 Å². The summed E-state index contributed by atoms with van der Waals surface area (Å²) in [6.45, 7) is 7.34. The fourth-order valence-electron chi connectivity index (χ4n) is 1.96. The summed E-state index contributed by atoms with van der Waals surface area (Å²) >= 11 is 0. The van der Waals surface area contributed by atoms with Crippen LogP contribution in [0.5, 0.6) is 0 Å². The van der Waals surface area contributed by atoms with Crippen molar-refractivity contribution in [2.24, 2.45) is 0 Å². The molecule has 2 rings (SSSR count). The zero-order valence-electron chi connectivity index (χ0n) is 11.1. The minimum Gasteiger partial charge on any atom is -0.395 e. The lowest BCUT2D eigenvalue weighted by molar-refractivity contribution is 0.311. The van der Waals surface area contributed by atoms with Crippen LogP contribution in [-0.2, 0) is 13.0 Å². The van der Waals surface area contributed by atoms with Gasteiger partial charge in [-0.05, 0) is 13.8 Å². The molecule has 0 aliphatic rings. The van der Waals surface area contributed by atoms with Crippen molar-refractivity contribution in [3.8, 4) is 0 Å². The summed E-state index contributed by atoms with van der Waals surface area (Å²) in [5.74, 6) is 1.55. The average Bonchev–Trinajstić information content (AvgIpc) is 2.72. The van der Waals surface area contributed by atoms with Gasteiger partial charge in [0.05, 0.1) is 12.3 Å². The molecule has 0 aromatic carbocycles. The van der Waals surface area contributed by atoms with E-state index in [9.17, 15) is 0 Å². The summed E-state index contributed by atoms with van der Waals surface area (Å²) in [5.41, 5.74) is 2.72. The lowest BCUT2D eigenvalue weighted by Crippen LogP contribution is -2.11. The van der Waals surface area contributed by atoms with E-state index in [4.69, 9.17) is 5.11 Å². The van der Waals surface area contributed by atoms with Crippen LogP contribution >= 0.6 is 0 Å². The normalized spacial score (nSPS) is 11.1. The van der Waals surface area contributed by atoms with Gasteiger partial charge in [0.25, 0.3) is 0 Å². The molecule has 6 nitrogen and oxygen atoms in total. The first-order valence-electron chi connectivity index (χ1n) is 6.30. The SMILES string of the molecule is CCc1nc(NCCO)c2c(n1)c(C)nn2CC. The van der Waals surface area contributed by atoms with E-state index in [1.807, 2.05) is 25.5 Å². The van der Waals surface area contributed by atoms with Crippen molar-refractivity contribution in [2.45, 2.75) is 33.7 Å². The Hall–Kier alpha value is -1.69. The van der Waals surface area contributed by atoms with Gasteiger partial charge in [0.1, 0.15) is 16.9 Å². The van der Waals surface area contributed by atoms with Crippen molar-refractivity contribution in [1.82, 2.24) is 19.7 Å². The summed E-state index contributed by atoms with van der Waals surface area (Å²) in [6, 6.07) is 0. The highest BCUT2D eigenvalue weighted by Crippen LogP contribution is 2.23. The van der Waals surface area contributed by atoms with Crippen LogP contribution < -0.4 is 5.32 Å². The Morgan fingerprint density at radius 1 is 1.28 bits per heavy atom. The molecule has 0 aliphatic carbocycles. The number of aromatic nitrogens is 4. The van der Waals surface area contributed by atoms with Crippen molar-refractivity contribution in [1.29, 1.82) is 0 Å². The van der Waals surface area contributed by atoms with E-state index >= 15 is 0 Å². The molecular weight excluding hydrogens is 230 g/mol. The van der Waals surface area contributed by atoms with Crippen LogP contribution in [-0.4, -0.2) is 38.0 Å². The fourth-order valence-corrected chi connectivity index (χ4v) is 1.96. The number of aryl methyl sites for hydroxylation is 3. The molecule has 0 saturated carbocycles. The molecule has 2 aromatic heterocycles. The quantitative estimate of drug-likeness (QED) is 0.830. The Morgan fingerprint density at radius 2 is 2.06 bits per heavy atom. The Kier molecular flexibility index (Phi) is 3.76. The van der Waals surface area contributed by atoms with E-state index in [0.29, 0.717) is 6.54 Å². The number of aliphatic hydroxyl groups excluding tert-OH is 1. The molecule has 2 aromatic rings. The molecule has 0 atom stereocenters. The first kappa shape index (κ1) is 12.8. The van der Waals surface area contributed by atoms with Crippen molar-refractivity contribution in [2.75, 3.05) is 18.5 Å². The summed E-state index contributed by atoms with van der Waals surface area (Å²) in [5, 5.41) is 16.5. The molecule has 2 N–H and O–H groups in total. The van der Waals surface area contributed by atoms with E-state index in [2.05, 4.69) is 20.4 Å². The number of fused-ring (bicyclic) bond motifs is 1. The van der Waals surface area contributed by atoms with E-state index < -0.39 is 0 Å². The number of hydrogen-bond donors (Lipinski definition) is 2. The third-order valence-electron chi connectivity index (χ3n) is 2.82. The molecule has 0 radical (unpaired) electrons. The second-order valence-corrected chi connectivity index (χ2v) is 4.09. The third kappa shape index (κ3) is 2.15. The number of aliphatic hydroxyl groups is 1. The molecule has 0 fully saturated rings. The molecule has 0 unspecified atom stereocenters. The number of anilines is 1. The number of nitrogens with one attached hydrogen (secondary N) is 1. The molecule has 0 amide bonds. The van der Waals surface area contributed by atoms with Gasteiger partial charge in [-0.2, -0.15) is 5.10 Å². The van der Waals surface area contributed by atoms with Crippen molar-refractivity contribution < 1.29 is 5.11 Å². The monoisotopic (exact) mass is 249 g/mol. The van der Waals surface area contributed by atoms with Gasteiger partial charge in [-0.1, -0.05) is 6.92 Å². The maximum absolute atomic E-state index is 8.93. The molecule has 0 saturated heterocycles. The van der Waals surface area contributed by atoms with Crippen LogP contribution in [0.3, 0.4) is 0 Å². The van der Waals surface area contributed by atoms with Crippen molar-refractivity contribution in [3.05, 3.63) is 11.5 Å². The zero-order valence-corrected chi connectivity index (χ0v) is 11.1. The van der Waals surface area contributed by atoms with Crippen LogP contribution in [0.15, 0.2) is 0 Å². The maximum Gasteiger partial charge on any atom is 0.156 e. The second kappa shape index (κ2) is 5.30. The molecule has 6 heteroatoms. The zero-order chi connectivity index (χ0) is 13.1. The molecular formula is C12H19N5O. The Labute approximate surface area is 106 Å². The van der Waals surface area contributed by atoms with Gasteiger partial charge in [-0.15, -0.1) is 0 Å². The highest BCUT2D eigenvalue weighted by Gasteiger charge is 2.14. The standard InChI is InChI=1S/C12H19N5O/c1-4-9-14-10-8(3)16-17(5-2)11(10)12(15-9)13-6-7-18/h18H,4-7H2,1-3H3,(H,13,14,15). The molecule has 0 spiro atoms. The third-order valence-corrected chi connectivity index (χ3v) is 2.82. The van der Waals surface area contributed by atoms with Crippen molar-refractivity contribution in [3.63, 3.8) is 0 Å². The predicted molar refractivity (Wildman–Crippen MR) is 70.7 cm³/mol. The number of nitrogens with zero attached hydrogens (tertiary/aromatic N) is 4. The Morgan fingerprint density at radius 3 is 2.67 bits per heavy atom. The fraction of sp³-hybridized carbons (Fsp3) is 0.583. The second-order valence-electron chi connectivity index (χ2n) is 4.09. The van der Waals surface area contributed by atoms with Crippen LogP contribution in [0.2, 0.25) is 0 Å². The molecule has 0 aliphatic heterocycles. The van der Waals surface area contributed by atoms with E-state index in [-0.39, 0.29) is 6.61 Å². The maximum atomic E-state index is 8.93. The van der Waals surface area contributed by atoms with Gasteiger partial charge in [-0.25, -0.2) is 9.97 Å². The summed E-state index contributed by atoms with van der Waals surface area (Å²) in [6.07, 6.45) is 0.778. The van der Waals surface area contributed by atoms with Gasteiger partial charge in [0.15, 0.2) is 5.82 Å².